The zero-order valence-electron chi connectivity index (χ0n) is 32.3. The molecular formula is C42H60BrN5O5. The predicted molar refractivity (Wildman–Crippen MR) is 210 cm³/mol. The van der Waals surface area contributed by atoms with Gasteiger partial charge in [0.1, 0.15) is 24.2 Å². The third kappa shape index (κ3) is 8.63. The van der Waals surface area contributed by atoms with Crippen molar-refractivity contribution in [2.75, 3.05) is 50.1 Å². The largest absolute Gasteiger partial charge is 0.489 e. The standard InChI is InChI=1S/C42H60BrN5O5/c1-27-20-37(36(22-35(27)43)46-40(50)47-39-24-44-28(2)23-45-39)53-26-31-25-48(17-19-51-31)16-6-5-7-18-52-38-11-10-33-32-9-8-29-21-30(49)12-14-41(29,3)34(32)13-15-42(33,38)4/h20,22-24,29,31-34,38H,5-19,21,25-26H2,1-4H3,(H2,45,46,47,50)/t29-,31-,32-,33-,34-,38-,41-,42-/m0/s1. The highest BCUT2D eigenvalue weighted by Gasteiger charge is 2.60. The Kier molecular flexibility index (Phi) is 12.1. The van der Waals surface area contributed by atoms with E-state index in [0.717, 1.165) is 98.2 Å². The summed E-state index contributed by atoms with van der Waals surface area (Å²) in [6.07, 6.45) is 17.4. The molecule has 1 aromatic heterocycles. The van der Waals surface area contributed by atoms with Gasteiger partial charge in [0.2, 0.25) is 0 Å². The first-order valence-electron chi connectivity index (χ1n) is 20.3. The van der Waals surface area contributed by atoms with Gasteiger partial charge in [-0.05, 0) is 137 Å². The topological polar surface area (TPSA) is 115 Å². The van der Waals surface area contributed by atoms with Crippen LogP contribution in [-0.2, 0) is 14.3 Å². The lowest BCUT2D eigenvalue weighted by molar-refractivity contribution is -0.145. The van der Waals surface area contributed by atoms with Crippen LogP contribution < -0.4 is 15.4 Å². The smallest absolute Gasteiger partial charge is 0.325 e. The molecule has 0 spiro atoms. The van der Waals surface area contributed by atoms with Gasteiger partial charge in [-0.2, -0.15) is 0 Å². The molecule has 53 heavy (non-hydrogen) atoms. The van der Waals surface area contributed by atoms with Gasteiger partial charge in [-0.3, -0.25) is 20.0 Å². The van der Waals surface area contributed by atoms with E-state index in [1.807, 2.05) is 26.0 Å². The van der Waals surface area contributed by atoms with Gasteiger partial charge in [0.05, 0.1) is 36.5 Å². The number of rotatable bonds is 12. The Balaban J connectivity index is 0.821. The van der Waals surface area contributed by atoms with Crippen LogP contribution in [0.1, 0.15) is 102 Å². The fraction of sp³-hybridized carbons (Fsp3) is 0.714. The summed E-state index contributed by atoms with van der Waals surface area (Å²) in [6, 6.07) is 3.36. The van der Waals surface area contributed by atoms with Crippen LogP contribution in [0, 0.1) is 48.3 Å². The summed E-state index contributed by atoms with van der Waals surface area (Å²) in [5.41, 5.74) is 3.04. The second kappa shape index (κ2) is 16.6. The molecule has 1 saturated heterocycles. The van der Waals surface area contributed by atoms with E-state index in [0.29, 0.717) is 59.1 Å². The minimum absolute atomic E-state index is 0.0510. The normalized spacial score (nSPS) is 32.7. The van der Waals surface area contributed by atoms with E-state index < -0.39 is 6.03 Å². The first-order chi connectivity index (χ1) is 25.5. The van der Waals surface area contributed by atoms with Gasteiger partial charge < -0.3 is 19.5 Å². The summed E-state index contributed by atoms with van der Waals surface area (Å²) in [4.78, 5) is 35.9. The Bertz CT molecular complexity index is 1610. The molecule has 1 aromatic carbocycles. The molecule has 0 bridgehead atoms. The highest BCUT2D eigenvalue weighted by atomic mass is 79.9. The van der Waals surface area contributed by atoms with Gasteiger partial charge >= 0.3 is 6.03 Å². The lowest BCUT2D eigenvalue weighted by Gasteiger charge is -2.60. The van der Waals surface area contributed by atoms with Gasteiger partial charge in [0, 0.05) is 37.0 Å². The van der Waals surface area contributed by atoms with Crippen LogP contribution in [0.5, 0.6) is 5.75 Å². The Morgan fingerprint density at radius 1 is 1.00 bits per heavy atom. The van der Waals surface area contributed by atoms with Gasteiger partial charge in [-0.15, -0.1) is 0 Å². The molecule has 10 nitrogen and oxygen atoms in total. The van der Waals surface area contributed by atoms with Crippen LogP contribution in [0.2, 0.25) is 0 Å². The molecule has 2 aromatic rings. The monoisotopic (exact) mass is 793 g/mol. The molecule has 4 saturated carbocycles. The average molecular weight is 795 g/mol. The summed E-state index contributed by atoms with van der Waals surface area (Å²) in [5, 5.41) is 5.62. The number of fused-ring (bicyclic) bond motifs is 5. The van der Waals surface area contributed by atoms with Crippen LogP contribution in [-0.4, -0.2) is 78.3 Å². The highest BCUT2D eigenvalue weighted by molar-refractivity contribution is 9.10. The molecule has 5 fully saturated rings. The van der Waals surface area contributed by atoms with Crippen molar-refractivity contribution in [1.82, 2.24) is 14.9 Å². The molecule has 2 amide bonds. The third-order valence-corrected chi connectivity index (χ3v) is 14.9. The summed E-state index contributed by atoms with van der Waals surface area (Å²) in [5.74, 6) is 4.51. The van der Waals surface area contributed by atoms with E-state index in [9.17, 15) is 9.59 Å². The quantitative estimate of drug-likeness (QED) is 0.205. The zero-order valence-corrected chi connectivity index (χ0v) is 33.8. The number of ketones is 1. The number of morpholine rings is 1. The lowest BCUT2D eigenvalue weighted by Crippen LogP contribution is -2.54. The number of ether oxygens (including phenoxy) is 3. The molecule has 11 heteroatoms. The fourth-order valence-electron chi connectivity index (χ4n) is 11.0. The number of aromatic nitrogens is 2. The van der Waals surface area contributed by atoms with Crippen LogP contribution in [0.4, 0.5) is 16.3 Å². The van der Waals surface area contributed by atoms with E-state index in [4.69, 9.17) is 14.2 Å². The van der Waals surface area contributed by atoms with E-state index in [1.165, 1.54) is 44.7 Å². The van der Waals surface area contributed by atoms with Crippen molar-refractivity contribution < 1.29 is 23.8 Å². The van der Waals surface area contributed by atoms with Crippen LogP contribution in [0.25, 0.3) is 0 Å². The Hall–Kier alpha value is -2.60. The van der Waals surface area contributed by atoms with Crippen molar-refractivity contribution in [1.29, 1.82) is 0 Å². The van der Waals surface area contributed by atoms with Crippen LogP contribution in [0.3, 0.4) is 0 Å². The SMILES string of the molecule is Cc1cnc(NC(=O)Nc2cc(Br)c(C)cc2OC[C@@H]2CN(CCCCCO[C@H]3CC[C@H]4[C@@H]5CC[C@H]6CC(=O)CC[C@]6(C)[C@H]5CC[C@]34C)CCO2)cn1. The van der Waals surface area contributed by atoms with Crippen LogP contribution >= 0.6 is 15.9 Å². The first-order valence-corrected chi connectivity index (χ1v) is 21.1. The molecule has 1 aliphatic heterocycles. The number of Topliss-reactive ketones (excluding diaryl/α,β-unsaturated/α-hetero) is 1. The van der Waals surface area contributed by atoms with Gasteiger partial charge in [-0.1, -0.05) is 29.8 Å². The van der Waals surface area contributed by atoms with Crippen molar-refractivity contribution in [2.45, 2.75) is 117 Å². The molecule has 7 rings (SSSR count). The lowest BCUT2D eigenvalue weighted by atomic mass is 9.45. The number of carbonyl (C=O) groups excluding carboxylic acids is 2. The number of benzene rings is 1. The van der Waals surface area contributed by atoms with E-state index in [-0.39, 0.29) is 6.10 Å². The minimum Gasteiger partial charge on any atom is -0.489 e. The second-order valence-corrected chi connectivity index (χ2v) is 18.1. The number of nitrogens with zero attached hydrogens (tertiary/aromatic N) is 3. The first kappa shape index (κ1) is 38.7. The van der Waals surface area contributed by atoms with Crippen LogP contribution in [0.15, 0.2) is 29.0 Å². The number of hydrogen-bond acceptors (Lipinski definition) is 8. The van der Waals surface area contributed by atoms with Crippen molar-refractivity contribution >= 4 is 39.2 Å². The average Bonchev–Trinajstić information content (AvgIpc) is 3.48. The summed E-state index contributed by atoms with van der Waals surface area (Å²) >= 11 is 3.58. The Labute approximate surface area is 324 Å². The maximum absolute atomic E-state index is 12.8. The van der Waals surface area contributed by atoms with Crippen molar-refractivity contribution in [3.8, 4) is 5.75 Å². The van der Waals surface area contributed by atoms with Gasteiger partial charge in [0.25, 0.3) is 0 Å². The Morgan fingerprint density at radius 3 is 2.68 bits per heavy atom. The van der Waals surface area contributed by atoms with Crippen molar-refractivity contribution in [2.24, 2.45) is 34.5 Å². The molecule has 0 radical (unpaired) electrons. The fourth-order valence-corrected chi connectivity index (χ4v) is 11.3. The molecular weight excluding hydrogens is 734 g/mol. The number of anilines is 2. The predicted octanol–water partition coefficient (Wildman–Crippen LogP) is 8.75. The summed E-state index contributed by atoms with van der Waals surface area (Å²) < 4.78 is 20.0. The summed E-state index contributed by atoms with van der Waals surface area (Å²) in [7, 11) is 0. The molecule has 0 unspecified atom stereocenters. The second-order valence-electron chi connectivity index (χ2n) is 17.3. The molecule has 2 N–H and O–H groups in total. The maximum Gasteiger partial charge on any atom is 0.325 e. The van der Waals surface area contributed by atoms with E-state index in [1.54, 1.807) is 6.20 Å². The Morgan fingerprint density at radius 2 is 1.85 bits per heavy atom. The number of carbonyl (C=O) groups is 2. The molecule has 4 aliphatic carbocycles. The number of halogens is 1. The number of aryl methyl sites for hydroxylation is 2. The minimum atomic E-state index is -0.422. The number of amides is 2. The van der Waals surface area contributed by atoms with Gasteiger partial charge in [-0.25, -0.2) is 9.78 Å². The zero-order chi connectivity index (χ0) is 37.2. The number of hydrogen-bond donors (Lipinski definition) is 2. The third-order valence-electron chi connectivity index (χ3n) is 14.0. The maximum atomic E-state index is 12.8. The summed E-state index contributed by atoms with van der Waals surface area (Å²) in [6.45, 7) is 13.7. The van der Waals surface area contributed by atoms with Crippen molar-refractivity contribution in [3.05, 3.63) is 40.3 Å². The van der Waals surface area contributed by atoms with Crippen molar-refractivity contribution in [3.63, 3.8) is 0 Å². The number of unbranched alkanes of at least 4 members (excludes halogenated alkanes) is 2. The molecule has 8 atom stereocenters. The molecule has 290 valence electrons. The number of nitrogens with one attached hydrogen (secondary N) is 2. The molecule has 2 heterocycles. The highest BCUT2D eigenvalue weighted by Crippen LogP contribution is 2.66. The molecule has 5 aliphatic rings. The van der Waals surface area contributed by atoms with E-state index >= 15 is 0 Å². The number of urea groups is 1. The van der Waals surface area contributed by atoms with Gasteiger partial charge in [0.15, 0.2) is 5.82 Å². The van der Waals surface area contributed by atoms with E-state index in [2.05, 4.69) is 55.3 Å².